The second-order valence-electron chi connectivity index (χ2n) is 5.42. The minimum atomic E-state index is -0.105. The summed E-state index contributed by atoms with van der Waals surface area (Å²) < 4.78 is 11.4. The van der Waals surface area contributed by atoms with E-state index in [1.807, 2.05) is 56.3 Å². The van der Waals surface area contributed by atoms with Crippen molar-refractivity contribution in [2.45, 2.75) is 26.3 Å². The van der Waals surface area contributed by atoms with E-state index in [1.165, 1.54) is 0 Å². The maximum atomic E-state index is 11.8. The van der Waals surface area contributed by atoms with E-state index in [2.05, 4.69) is 5.32 Å². The highest BCUT2D eigenvalue weighted by Gasteiger charge is 2.09. The molecule has 0 saturated heterocycles. The monoisotopic (exact) mass is 297 g/mol. The number of carbonyl (C=O) groups is 1. The van der Waals surface area contributed by atoms with E-state index in [0.717, 1.165) is 28.4 Å². The molecule has 1 heterocycles. The van der Waals surface area contributed by atoms with Gasteiger partial charge in [-0.2, -0.15) is 0 Å². The first-order valence-corrected chi connectivity index (χ1v) is 7.51. The number of hydrogen-bond acceptors (Lipinski definition) is 3. The Balaban J connectivity index is 1.77. The topological polar surface area (TPSA) is 51.5 Å². The first kappa shape index (κ1) is 14.4. The number of amides is 1. The lowest BCUT2D eigenvalue weighted by atomic mass is 10.1. The summed E-state index contributed by atoms with van der Waals surface area (Å²) >= 11 is 0. The van der Waals surface area contributed by atoms with Crippen LogP contribution < -0.4 is 10.1 Å². The molecule has 4 nitrogen and oxygen atoms in total. The fraction of sp³-hybridized carbons (Fsp3) is 0.278. The van der Waals surface area contributed by atoms with Crippen LogP contribution in [0.4, 0.5) is 0 Å². The normalized spacial score (nSPS) is 12.5. The summed E-state index contributed by atoms with van der Waals surface area (Å²) in [5.74, 6) is 0.560. The number of nitrogens with one attached hydrogen (secondary N) is 1. The van der Waals surface area contributed by atoms with Gasteiger partial charge in [-0.05, 0) is 37.6 Å². The summed E-state index contributed by atoms with van der Waals surface area (Å²) in [6.45, 7) is 4.02. The predicted octanol–water partition coefficient (Wildman–Crippen LogP) is 3.88. The Hall–Kier alpha value is -2.49. The molecule has 0 unspecified atom stereocenters. The fourth-order valence-electron chi connectivity index (χ4n) is 2.36. The van der Waals surface area contributed by atoms with E-state index < -0.39 is 0 Å². The van der Waals surface area contributed by atoms with Crippen LogP contribution in [-0.2, 0) is 4.79 Å². The number of rotatable bonds is 5. The molecule has 0 saturated carbocycles. The quantitative estimate of drug-likeness (QED) is 0.777. The van der Waals surface area contributed by atoms with Crippen LogP contribution in [0.3, 0.4) is 0 Å². The summed E-state index contributed by atoms with van der Waals surface area (Å²) in [6, 6.07) is 13.6. The van der Waals surface area contributed by atoms with Gasteiger partial charge in [0.25, 0.3) is 5.91 Å². The standard InChI is InChI=1S/C18H19NO3/c1-3-12(2)19-18(20)11-21-13-8-9-17-15(10-13)14-6-4-5-7-16(14)22-17/h4-10,12H,3,11H2,1-2H3,(H,19,20)/t12-/m0/s1. The Labute approximate surface area is 129 Å². The van der Waals surface area contributed by atoms with Crippen LogP contribution in [-0.4, -0.2) is 18.6 Å². The lowest BCUT2D eigenvalue weighted by Gasteiger charge is -2.12. The van der Waals surface area contributed by atoms with Gasteiger partial charge in [-0.15, -0.1) is 0 Å². The van der Waals surface area contributed by atoms with Gasteiger partial charge in [0.1, 0.15) is 16.9 Å². The lowest BCUT2D eigenvalue weighted by molar-refractivity contribution is -0.123. The van der Waals surface area contributed by atoms with E-state index in [0.29, 0.717) is 5.75 Å². The Morgan fingerprint density at radius 1 is 1.18 bits per heavy atom. The van der Waals surface area contributed by atoms with Crippen molar-refractivity contribution in [3.8, 4) is 5.75 Å². The molecular weight excluding hydrogens is 278 g/mol. The Morgan fingerprint density at radius 3 is 2.77 bits per heavy atom. The van der Waals surface area contributed by atoms with Crippen LogP contribution in [0, 0.1) is 0 Å². The molecule has 3 aromatic rings. The second kappa shape index (κ2) is 6.10. The first-order valence-electron chi connectivity index (χ1n) is 7.51. The molecule has 0 aliphatic carbocycles. The molecule has 4 heteroatoms. The first-order chi connectivity index (χ1) is 10.7. The van der Waals surface area contributed by atoms with Crippen LogP contribution in [0.5, 0.6) is 5.75 Å². The molecule has 2 aromatic carbocycles. The lowest BCUT2D eigenvalue weighted by Crippen LogP contribution is -2.35. The number of furan rings is 1. The van der Waals surface area contributed by atoms with E-state index in [4.69, 9.17) is 9.15 Å². The van der Waals surface area contributed by atoms with Crippen LogP contribution in [0.15, 0.2) is 46.9 Å². The summed E-state index contributed by atoms with van der Waals surface area (Å²) in [5.41, 5.74) is 1.67. The molecular formula is C18H19NO3. The van der Waals surface area contributed by atoms with Crippen molar-refractivity contribution in [3.63, 3.8) is 0 Å². The van der Waals surface area contributed by atoms with Crippen LogP contribution in [0.2, 0.25) is 0 Å². The molecule has 0 bridgehead atoms. The Kier molecular flexibility index (Phi) is 4.00. The smallest absolute Gasteiger partial charge is 0.258 e. The molecule has 0 spiro atoms. The highest BCUT2D eigenvalue weighted by atomic mass is 16.5. The van der Waals surface area contributed by atoms with E-state index >= 15 is 0 Å². The number of fused-ring (bicyclic) bond motifs is 3. The zero-order valence-corrected chi connectivity index (χ0v) is 12.8. The van der Waals surface area contributed by atoms with E-state index in [-0.39, 0.29) is 18.6 Å². The van der Waals surface area contributed by atoms with Crippen molar-refractivity contribution >= 4 is 27.8 Å². The van der Waals surface area contributed by atoms with Gasteiger partial charge in [-0.1, -0.05) is 25.1 Å². The zero-order chi connectivity index (χ0) is 15.5. The van der Waals surface area contributed by atoms with Gasteiger partial charge in [0.15, 0.2) is 6.61 Å². The Bertz CT molecular complexity index is 806. The van der Waals surface area contributed by atoms with Gasteiger partial charge in [-0.3, -0.25) is 4.79 Å². The van der Waals surface area contributed by atoms with Gasteiger partial charge in [0, 0.05) is 16.8 Å². The van der Waals surface area contributed by atoms with Gasteiger partial charge in [0.05, 0.1) is 0 Å². The van der Waals surface area contributed by atoms with Gasteiger partial charge in [-0.25, -0.2) is 0 Å². The number of para-hydroxylation sites is 1. The molecule has 0 fully saturated rings. The van der Waals surface area contributed by atoms with Crippen LogP contribution in [0.25, 0.3) is 21.9 Å². The molecule has 1 atom stereocenters. The maximum absolute atomic E-state index is 11.8. The molecule has 114 valence electrons. The summed E-state index contributed by atoms with van der Waals surface area (Å²) in [4.78, 5) is 11.8. The van der Waals surface area contributed by atoms with Crippen molar-refractivity contribution in [1.82, 2.24) is 5.32 Å². The second-order valence-corrected chi connectivity index (χ2v) is 5.42. The molecule has 1 amide bonds. The largest absolute Gasteiger partial charge is 0.484 e. The average Bonchev–Trinajstić information content (AvgIpc) is 2.90. The summed E-state index contributed by atoms with van der Waals surface area (Å²) in [5, 5.41) is 4.92. The highest BCUT2D eigenvalue weighted by Crippen LogP contribution is 2.31. The van der Waals surface area contributed by atoms with E-state index in [1.54, 1.807) is 0 Å². The molecule has 1 N–H and O–H groups in total. The van der Waals surface area contributed by atoms with Gasteiger partial charge < -0.3 is 14.5 Å². The SMILES string of the molecule is CC[C@H](C)NC(=O)COc1ccc2oc3ccccc3c2c1. The van der Waals surface area contributed by atoms with Crippen molar-refractivity contribution in [2.24, 2.45) is 0 Å². The van der Waals surface area contributed by atoms with Gasteiger partial charge >= 0.3 is 0 Å². The third-order valence-corrected chi connectivity index (χ3v) is 3.74. The summed E-state index contributed by atoms with van der Waals surface area (Å²) in [6.07, 6.45) is 0.901. The molecule has 1 aromatic heterocycles. The number of carbonyl (C=O) groups excluding carboxylic acids is 1. The van der Waals surface area contributed by atoms with E-state index in [9.17, 15) is 4.79 Å². The van der Waals surface area contributed by atoms with Crippen molar-refractivity contribution in [3.05, 3.63) is 42.5 Å². The number of benzene rings is 2. The van der Waals surface area contributed by atoms with Gasteiger partial charge in [0.2, 0.25) is 0 Å². The van der Waals surface area contributed by atoms with Crippen LogP contribution in [0.1, 0.15) is 20.3 Å². The minimum Gasteiger partial charge on any atom is -0.484 e. The molecule has 0 aliphatic rings. The number of ether oxygens (including phenoxy) is 1. The summed E-state index contributed by atoms with van der Waals surface area (Å²) in [7, 11) is 0. The zero-order valence-electron chi connectivity index (χ0n) is 12.8. The maximum Gasteiger partial charge on any atom is 0.258 e. The average molecular weight is 297 g/mol. The molecule has 0 aliphatic heterocycles. The Morgan fingerprint density at radius 2 is 1.95 bits per heavy atom. The fourth-order valence-corrected chi connectivity index (χ4v) is 2.36. The third kappa shape index (κ3) is 2.91. The highest BCUT2D eigenvalue weighted by molar-refractivity contribution is 6.05. The third-order valence-electron chi connectivity index (χ3n) is 3.74. The van der Waals surface area contributed by atoms with Crippen molar-refractivity contribution < 1.29 is 13.9 Å². The minimum absolute atomic E-state index is 0.0195. The van der Waals surface area contributed by atoms with Crippen LogP contribution >= 0.6 is 0 Å². The predicted molar refractivity (Wildman–Crippen MR) is 87.1 cm³/mol. The van der Waals surface area contributed by atoms with Crippen molar-refractivity contribution in [2.75, 3.05) is 6.61 Å². The molecule has 0 radical (unpaired) electrons. The van der Waals surface area contributed by atoms with Crippen molar-refractivity contribution in [1.29, 1.82) is 0 Å². The number of hydrogen-bond donors (Lipinski definition) is 1. The molecule has 22 heavy (non-hydrogen) atoms. The molecule has 3 rings (SSSR count).